The minimum absolute atomic E-state index is 0.00787. The van der Waals surface area contributed by atoms with E-state index in [4.69, 9.17) is 0 Å². The van der Waals surface area contributed by atoms with Crippen LogP contribution in [0, 0.1) is 5.41 Å². The van der Waals surface area contributed by atoms with Crippen molar-refractivity contribution < 1.29 is 4.79 Å². The van der Waals surface area contributed by atoms with Crippen molar-refractivity contribution in [1.82, 2.24) is 9.97 Å². The Morgan fingerprint density at radius 1 is 1.00 bits per heavy atom. The maximum absolute atomic E-state index is 12.6. The van der Waals surface area contributed by atoms with Crippen molar-refractivity contribution in [3.8, 4) is 0 Å². The average molecular weight is 255 g/mol. The lowest BCUT2D eigenvalue weighted by atomic mass is 9.94. The van der Waals surface area contributed by atoms with Gasteiger partial charge in [0.05, 0.1) is 23.8 Å². The molecule has 98 valence electrons. The number of nitrogens with zero attached hydrogens (tertiary/aromatic N) is 3. The molecular weight excluding hydrogens is 238 g/mol. The van der Waals surface area contributed by atoms with Gasteiger partial charge in [0.1, 0.15) is 0 Å². The molecule has 4 nitrogen and oxygen atoms in total. The van der Waals surface area contributed by atoms with Gasteiger partial charge < -0.3 is 0 Å². The Kier molecular flexibility index (Phi) is 3.60. The van der Waals surface area contributed by atoms with Crippen LogP contribution in [0.1, 0.15) is 20.8 Å². The Morgan fingerprint density at radius 3 is 1.79 bits per heavy atom. The van der Waals surface area contributed by atoms with Crippen LogP contribution in [0.25, 0.3) is 0 Å². The third-order valence-corrected chi connectivity index (χ3v) is 2.65. The monoisotopic (exact) mass is 255 g/mol. The van der Waals surface area contributed by atoms with Crippen molar-refractivity contribution in [2.75, 3.05) is 4.90 Å². The van der Waals surface area contributed by atoms with Crippen molar-refractivity contribution in [2.24, 2.45) is 5.41 Å². The zero-order valence-corrected chi connectivity index (χ0v) is 11.4. The molecule has 0 aliphatic heterocycles. The summed E-state index contributed by atoms with van der Waals surface area (Å²) < 4.78 is 0. The summed E-state index contributed by atoms with van der Waals surface area (Å²) in [7, 11) is 0. The topological polar surface area (TPSA) is 46.1 Å². The number of anilines is 2. The molecule has 0 saturated heterocycles. The van der Waals surface area contributed by atoms with E-state index in [1.54, 1.807) is 29.7 Å². The lowest BCUT2D eigenvalue weighted by molar-refractivity contribution is -0.125. The van der Waals surface area contributed by atoms with E-state index in [1.807, 2.05) is 45.0 Å². The van der Waals surface area contributed by atoms with E-state index in [0.29, 0.717) is 0 Å². The van der Waals surface area contributed by atoms with Crippen molar-refractivity contribution in [2.45, 2.75) is 20.8 Å². The van der Waals surface area contributed by atoms with E-state index in [2.05, 4.69) is 9.97 Å². The SMILES string of the molecule is CC(C)(C)C(=O)N(c1cccnc1)c1cccnc1. The van der Waals surface area contributed by atoms with Gasteiger partial charge in [-0.25, -0.2) is 0 Å². The molecule has 0 aliphatic carbocycles. The molecule has 0 atom stereocenters. The molecule has 0 radical (unpaired) electrons. The highest BCUT2D eigenvalue weighted by Gasteiger charge is 2.29. The van der Waals surface area contributed by atoms with Crippen molar-refractivity contribution in [3.63, 3.8) is 0 Å². The van der Waals surface area contributed by atoms with Crippen LogP contribution in [0.15, 0.2) is 49.1 Å². The van der Waals surface area contributed by atoms with Gasteiger partial charge >= 0.3 is 0 Å². The fourth-order valence-corrected chi connectivity index (χ4v) is 1.69. The number of amides is 1. The second kappa shape index (κ2) is 5.18. The van der Waals surface area contributed by atoms with E-state index < -0.39 is 5.41 Å². The number of hydrogen-bond donors (Lipinski definition) is 0. The minimum atomic E-state index is -0.480. The van der Waals surface area contributed by atoms with E-state index in [1.165, 1.54) is 0 Å². The third-order valence-electron chi connectivity index (χ3n) is 2.65. The first-order chi connectivity index (χ1) is 9.00. The van der Waals surface area contributed by atoms with Crippen molar-refractivity contribution in [3.05, 3.63) is 49.1 Å². The van der Waals surface area contributed by atoms with Crippen molar-refractivity contribution >= 4 is 17.3 Å². The van der Waals surface area contributed by atoms with E-state index in [-0.39, 0.29) is 5.91 Å². The molecule has 2 rings (SSSR count). The number of aromatic nitrogens is 2. The predicted molar refractivity (Wildman–Crippen MR) is 75.1 cm³/mol. The summed E-state index contributed by atoms with van der Waals surface area (Å²) in [5.74, 6) is 0.00787. The highest BCUT2D eigenvalue weighted by Crippen LogP contribution is 2.29. The molecule has 2 aromatic heterocycles. The van der Waals surface area contributed by atoms with Gasteiger partial charge in [0.25, 0.3) is 0 Å². The Hall–Kier alpha value is -2.23. The Bertz CT molecular complexity index is 507. The maximum Gasteiger partial charge on any atom is 0.237 e. The van der Waals surface area contributed by atoms with Crippen LogP contribution in [0.2, 0.25) is 0 Å². The summed E-state index contributed by atoms with van der Waals surface area (Å²) in [5, 5.41) is 0. The molecular formula is C15H17N3O. The summed E-state index contributed by atoms with van der Waals surface area (Å²) in [5.41, 5.74) is 1.01. The van der Waals surface area contributed by atoms with Gasteiger partial charge in [-0.3, -0.25) is 19.7 Å². The highest BCUT2D eigenvalue weighted by atomic mass is 16.2. The number of pyridine rings is 2. The Balaban J connectivity index is 2.49. The minimum Gasteiger partial charge on any atom is -0.277 e. The van der Waals surface area contributed by atoms with Gasteiger partial charge in [-0.1, -0.05) is 20.8 Å². The lowest BCUT2D eigenvalue weighted by Gasteiger charge is -2.29. The van der Waals surface area contributed by atoms with Crippen LogP contribution in [0.3, 0.4) is 0 Å². The molecule has 0 aliphatic rings. The predicted octanol–water partition coefficient (Wildman–Crippen LogP) is 3.19. The van der Waals surface area contributed by atoms with Crippen LogP contribution in [-0.4, -0.2) is 15.9 Å². The molecule has 4 heteroatoms. The smallest absolute Gasteiger partial charge is 0.237 e. The van der Waals surface area contributed by atoms with Gasteiger partial charge in [-0.15, -0.1) is 0 Å². The first-order valence-electron chi connectivity index (χ1n) is 6.15. The second-order valence-electron chi connectivity index (χ2n) is 5.31. The molecule has 0 aromatic carbocycles. The quantitative estimate of drug-likeness (QED) is 0.828. The molecule has 19 heavy (non-hydrogen) atoms. The summed E-state index contributed by atoms with van der Waals surface area (Å²) in [6.07, 6.45) is 6.73. The Morgan fingerprint density at radius 2 is 1.47 bits per heavy atom. The molecule has 0 spiro atoms. The summed E-state index contributed by atoms with van der Waals surface area (Å²) in [6, 6.07) is 7.36. The van der Waals surface area contributed by atoms with Gasteiger partial charge in [0.15, 0.2) is 0 Å². The second-order valence-corrected chi connectivity index (χ2v) is 5.31. The molecule has 1 amide bonds. The average Bonchev–Trinajstić information content (AvgIpc) is 2.40. The number of carbonyl (C=O) groups is 1. The van der Waals surface area contributed by atoms with Gasteiger partial charge in [0.2, 0.25) is 5.91 Å². The summed E-state index contributed by atoms with van der Waals surface area (Å²) >= 11 is 0. The first-order valence-corrected chi connectivity index (χ1v) is 6.15. The summed E-state index contributed by atoms with van der Waals surface area (Å²) in [4.78, 5) is 22.5. The number of carbonyl (C=O) groups excluding carboxylic acids is 1. The van der Waals surface area contributed by atoms with Crippen LogP contribution >= 0.6 is 0 Å². The highest BCUT2D eigenvalue weighted by molar-refractivity contribution is 6.02. The number of rotatable bonds is 2. The zero-order chi connectivity index (χ0) is 13.9. The normalized spacial score (nSPS) is 11.1. The Labute approximate surface area is 113 Å². The van der Waals surface area contributed by atoms with Crippen LogP contribution in [-0.2, 0) is 4.79 Å². The fourth-order valence-electron chi connectivity index (χ4n) is 1.69. The fraction of sp³-hybridized carbons (Fsp3) is 0.267. The van der Waals surface area contributed by atoms with E-state index >= 15 is 0 Å². The third kappa shape index (κ3) is 2.96. The van der Waals surface area contributed by atoms with Crippen LogP contribution < -0.4 is 4.90 Å². The van der Waals surface area contributed by atoms with Gasteiger partial charge in [0, 0.05) is 17.8 Å². The zero-order valence-electron chi connectivity index (χ0n) is 11.4. The van der Waals surface area contributed by atoms with Crippen molar-refractivity contribution in [1.29, 1.82) is 0 Å². The summed E-state index contributed by atoms with van der Waals surface area (Å²) in [6.45, 7) is 5.69. The van der Waals surface area contributed by atoms with Gasteiger partial charge in [-0.2, -0.15) is 0 Å². The first kappa shape index (κ1) is 13.2. The number of hydrogen-bond acceptors (Lipinski definition) is 3. The maximum atomic E-state index is 12.6. The molecule has 0 fully saturated rings. The molecule has 0 bridgehead atoms. The van der Waals surface area contributed by atoms with Gasteiger partial charge in [-0.05, 0) is 24.3 Å². The molecule has 0 saturated carbocycles. The molecule has 2 aromatic rings. The van der Waals surface area contributed by atoms with Crippen LogP contribution in [0.4, 0.5) is 11.4 Å². The van der Waals surface area contributed by atoms with E-state index in [0.717, 1.165) is 11.4 Å². The molecule has 0 N–H and O–H groups in total. The molecule has 2 heterocycles. The van der Waals surface area contributed by atoms with E-state index in [9.17, 15) is 4.79 Å². The standard InChI is InChI=1S/C15H17N3O/c1-15(2,3)14(19)18(12-6-4-8-16-10-12)13-7-5-9-17-11-13/h4-11H,1-3H3. The van der Waals surface area contributed by atoms with Crippen LogP contribution in [0.5, 0.6) is 0 Å². The largest absolute Gasteiger partial charge is 0.277 e. The molecule has 0 unspecified atom stereocenters. The lowest BCUT2D eigenvalue weighted by Crippen LogP contribution is -2.36.